The van der Waals surface area contributed by atoms with E-state index in [2.05, 4.69) is 41.7 Å². The Morgan fingerprint density at radius 1 is 0.683 bits per heavy atom. The number of rotatable bonds is 39. The maximum atomic E-state index is 12.9. The summed E-state index contributed by atoms with van der Waals surface area (Å²) >= 11 is 8.58. The van der Waals surface area contributed by atoms with Gasteiger partial charge in [0.2, 0.25) is 5.95 Å². The first kappa shape index (κ1) is 53.7. The van der Waals surface area contributed by atoms with Gasteiger partial charge >= 0.3 is 0 Å². The lowest BCUT2D eigenvalue weighted by molar-refractivity contribution is -0.0249. The van der Waals surface area contributed by atoms with Crippen molar-refractivity contribution < 1.29 is 52.5 Å². The molecule has 2 aromatic rings. The van der Waals surface area contributed by atoms with Crippen LogP contribution >= 0.6 is 34.5 Å². The zero-order chi connectivity index (χ0) is 43.6. The number of carbonyl (C=O) groups excluding carboxylic acids is 1. The number of hydrogen-bond donors (Lipinski definition) is 6. The smallest absolute Gasteiger partial charge is 0.252 e. The number of aliphatic hydroxyl groups excluding tert-OH is 1. The molecule has 0 unspecified atom stereocenters. The van der Waals surface area contributed by atoms with E-state index in [-0.39, 0.29) is 35.5 Å². The molecule has 0 saturated heterocycles. The summed E-state index contributed by atoms with van der Waals surface area (Å²) in [5.74, 6) is 1.25. The minimum atomic E-state index is -0.319. The van der Waals surface area contributed by atoms with Crippen molar-refractivity contribution in [3.8, 4) is 0 Å². The molecule has 0 bridgehead atoms. The van der Waals surface area contributed by atoms with E-state index in [1.54, 1.807) is 18.2 Å². The van der Waals surface area contributed by atoms with Crippen molar-refractivity contribution in [2.45, 2.75) is 53.1 Å². The molecule has 1 amide bonds. The number of ether oxygens (including phenoxy) is 9. The zero-order valence-electron chi connectivity index (χ0n) is 36.0. The molecule has 1 heterocycles. The highest BCUT2D eigenvalue weighted by Crippen LogP contribution is 2.34. The minimum Gasteiger partial charge on any atom is -0.394 e. The number of nitrogens with zero attached hydrogens (tertiary/aromatic N) is 2. The monoisotopic (exact) mass is 985 g/mol. The van der Waals surface area contributed by atoms with Crippen LogP contribution in [0.2, 0.25) is 5.02 Å². The Kier molecular flexibility index (Phi) is 31.4. The standard InChI is InChI=1S/C40H69ClIN7O11/c1-6-10-52-12-14-54-16-18-56-20-22-58-24-26-60-27-25-59-23-21-57-19-17-55-15-13-53-11-9-43-39(51)33-8-7-32(28-34(33)41)45-38-36(49-42)37(44-31(4)5)47-40(48-38)46-35(29-50)30(2)3/h7-8,28,30-31,35,49-50H,6,9-27,29H2,1-5H3,(H,43,51)(H3,44,45,46,47,48)/t35-/m1/s1. The Hall–Kier alpha value is -2.41. The molecular formula is C40H69ClIN7O11. The van der Waals surface area contributed by atoms with Crippen molar-refractivity contribution in [3.05, 3.63) is 28.8 Å². The number of nitrogens with one attached hydrogen (secondary N) is 5. The molecule has 2 rings (SSSR count). The maximum absolute atomic E-state index is 12.9. The van der Waals surface area contributed by atoms with Gasteiger partial charge in [-0.25, -0.2) is 0 Å². The number of benzene rings is 1. The van der Waals surface area contributed by atoms with Crippen molar-refractivity contribution in [1.82, 2.24) is 15.3 Å². The second kappa shape index (κ2) is 35.1. The molecule has 60 heavy (non-hydrogen) atoms. The van der Waals surface area contributed by atoms with Crippen LogP contribution in [-0.4, -0.2) is 165 Å². The summed E-state index contributed by atoms with van der Waals surface area (Å²) in [6, 6.07) is 4.92. The largest absolute Gasteiger partial charge is 0.394 e. The summed E-state index contributed by atoms with van der Waals surface area (Å²) in [7, 11) is 0. The van der Waals surface area contributed by atoms with Crippen molar-refractivity contribution in [2.75, 3.05) is 152 Å². The maximum Gasteiger partial charge on any atom is 0.252 e. The molecule has 0 spiro atoms. The van der Waals surface area contributed by atoms with E-state index < -0.39 is 0 Å². The highest BCUT2D eigenvalue weighted by atomic mass is 127. The highest BCUT2D eigenvalue weighted by molar-refractivity contribution is 14.1. The Bertz CT molecular complexity index is 1410. The lowest BCUT2D eigenvalue weighted by atomic mass is 10.1. The molecular weight excluding hydrogens is 917 g/mol. The number of anilines is 5. The Morgan fingerprint density at radius 3 is 1.53 bits per heavy atom. The van der Waals surface area contributed by atoms with Crippen LogP contribution in [0.4, 0.5) is 29.0 Å². The minimum absolute atomic E-state index is 0.0696. The predicted octanol–water partition coefficient (Wildman–Crippen LogP) is 5.17. The summed E-state index contributed by atoms with van der Waals surface area (Å²) in [5, 5.41) is 22.8. The quantitative estimate of drug-likeness (QED) is 0.0290. The SMILES string of the molecule is CCCOCCOCCOCCOCCOCCOCCOCCOCCOCCNC(=O)c1ccc(Nc2nc(N[C@H](CO)C(C)C)nc(NC(C)C)c2NI)cc1Cl. The summed E-state index contributed by atoms with van der Waals surface area (Å²) in [4.78, 5) is 22.2. The lowest BCUT2D eigenvalue weighted by Gasteiger charge is -2.23. The van der Waals surface area contributed by atoms with Crippen molar-refractivity contribution in [2.24, 2.45) is 5.92 Å². The fourth-order valence-corrected chi connectivity index (χ4v) is 5.70. The first-order chi connectivity index (χ1) is 29.2. The van der Waals surface area contributed by atoms with Crippen LogP contribution in [0.15, 0.2) is 18.2 Å². The summed E-state index contributed by atoms with van der Waals surface area (Å²) < 4.78 is 52.5. The Morgan fingerprint density at radius 2 is 1.13 bits per heavy atom. The fourth-order valence-electron chi connectivity index (χ4n) is 4.92. The topological polar surface area (TPSA) is 206 Å². The third-order valence-corrected chi connectivity index (χ3v) is 8.93. The molecule has 344 valence electrons. The van der Waals surface area contributed by atoms with Gasteiger partial charge in [-0.2, -0.15) is 9.97 Å². The van der Waals surface area contributed by atoms with Gasteiger partial charge in [0, 0.05) is 24.9 Å². The Balaban J connectivity index is 1.50. The van der Waals surface area contributed by atoms with E-state index >= 15 is 0 Å². The van der Waals surface area contributed by atoms with Crippen LogP contribution in [0.3, 0.4) is 0 Å². The number of carbonyl (C=O) groups is 1. The normalized spacial score (nSPS) is 12.0. The van der Waals surface area contributed by atoms with Gasteiger partial charge in [0.1, 0.15) is 5.69 Å². The lowest BCUT2D eigenvalue weighted by Crippen LogP contribution is -2.30. The van der Waals surface area contributed by atoms with Gasteiger partial charge in [-0.3, -0.25) is 4.79 Å². The van der Waals surface area contributed by atoms with Crippen LogP contribution in [0.5, 0.6) is 0 Å². The molecule has 1 aromatic heterocycles. The van der Waals surface area contributed by atoms with Gasteiger partial charge in [0.15, 0.2) is 11.6 Å². The van der Waals surface area contributed by atoms with Gasteiger partial charge in [-0.1, -0.05) is 32.4 Å². The van der Waals surface area contributed by atoms with Crippen LogP contribution in [0.25, 0.3) is 0 Å². The third kappa shape index (κ3) is 24.9. The average molecular weight is 986 g/mol. The molecule has 0 aliphatic carbocycles. The zero-order valence-corrected chi connectivity index (χ0v) is 38.9. The molecule has 20 heteroatoms. The average Bonchev–Trinajstić information content (AvgIpc) is 3.21. The van der Waals surface area contributed by atoms with E-state index in [9.17, 15) is 9.90 Å². The highest BCUT2D eigenvalue weighted by Gasteiger charge is 2.20. The molecule has 0 aliphatic heterocycles. The van der Waals surface area contributed by atoms with Crippen LogP contribution < -0.4 is 24.8 Å². The van der Waals surface area contributed by atoms with Crippen molar-refractivity contribution in [1.29, 1.82) is 0 Å². The first-order valence-electron chi connectivity index (χ1n) is 20.7. The number of halogens is 2. The van der Waals surface area contributed by atoms with Crippen molar-refractivity contribution >= 4 is 69.3 Å². The summed E-state index contributed by atoms with van der Waals surface area (Å²) in [6.45, 7) is 19.3. The van der Waals surface area contributed by atoms with E-state index in [0.717, 1.165) is 13.0 Å². The number of hydrogen-bond acceptors (Lipinski definition) is 17. The second-order valence-electron chi connectivity index (χ2n) is 13.8. The van der Waals surface area contributed by atoms with Crippen LogP contribution in [0, 0.1) is 5.92 Å². The fraction of sp³-hybridized carbons (Fsp3) is 0.725. The van der Waals surface area contributed by atoms with Crippen LogP contribution in [0.1, 0.15) is 51.4 Å². The van der Waals surface area contributed by atoms with Gasteiger partial charge in [0.05, 0.1) is 158 Å². The molecule has 1 aromatic carbocycles. The van der Waals surface area contributed by atoms with E-state index in [1.807, 2.05) is 50.6 Å². The van der Waals surface area contributed by atoms with Gasteiger partial charge in [-0.15, -0.1) is 0 Å². The molecule has 0 aliphatic rings. The van der Waals surface area contributed by atoms with Gasteiger partial charge in [0.25, 0.3) is 5.91 Å². The Labute approximate surface area is 375 Å². The molecule has 18 nitrogen and oxygen atoms in total. The predicted molar refractivity (Wildman–Crippen MR) is 242 cm³/mol. The molecule has 6 N–H and O–H groups in total. The van der Waals surface area contributed by atoms with E-state index in [4.69, 9.17) is 54.2 Å². The molecule has 1 atom stereocenters. The van der Waals surface area contributed by atoms with Crippen LogP contribution in [-0.2, 0) is 42.6 Å². The molecule has 0 fully saturated rings. The summed E-state index contributed by atoms with van der Waals surface area (Å²) in [5.41, 5.74) is 1.58. The second-order valence-corrected chi connectivity index (χ2v) is 14.7. The summed E-state index contributed by atoms with van der Waals surface area (Å²) in [6.07, 6.45) is 1.01. The van der Waals surface area contributed by atoms with Gasteiger partial charge in [-0.05, 0) is 44.4 Å². The molecule has 0 saturated carbocycles. The third-order valence-electron chi connectivity index (χ3n) is 8.08. The van der Waals surface area contributed by atoms with E-state index in [1.165, 1.54) is 0 Å². The first-order valence-corrected chi connectivity index (χ1v) is 22.1. The number of aromatic nitrogens is 2. The molecule has 0 radical (unpaired) electrons. The van der Waals surface area contributed by atoms with Gasteiger partial charge < -0.3 is 72.5 Å². The van der Waals surface area contributed by atoms with Crippen molar-refractivity contribution in [3.63, 3.8) is 0 Å². The number of aliphatic hydroxyl groups is 1. The van der Waals surface area contributed by atoms with E-state index in [0.29, 0.717) is 153 Å². The number of amides is 1.